The molecular formula is C28H22F2N8O. The fourth-order valence-electron chi connectivity index (χ4n) is 4.47. The van der Waals surface area contributed by atoms with Crippen molar-refractivity contribution in [3.05, 3.63) is 109 Å². The minimum Gasteiger partial charge on any atom is -0.337 e. The molecule has 0 fully saturated rings. The molecule has 0 aliphatic carbocycles. The number of rotatable bonds is 9. The van der Waals surface area contributed by atoms with Crippen LogP contribution in [-0.2, 0) is 19.5 Å². The first kappa shape index (κ1) is 24.3. The van der Waals surface area contributed by atoms with E-state index in [1.807, 2.05) is 27.5 Å². The average molecular weight is 525 g/mol. The van der Waals surface area contributed by atoms with Gasteiger partial charge in [-0.3, -0.25) is 4.79 Å². The number of hydrogen-bond acceptors (Lipinski definition) is 6. The first-order valence-corrected chi connectivity index (χ1v) is 12.3. The topological polar surface area (TPSA) is 95.8 Å². The van der Waals surface area contributed by atoms with E-state index in [1.165, 1.54) is 24.4 Å². The number of nitrogens with zero attached hydrogens (tertiary/aromatic N) is 8. The van der Waals surface area contributed by atoms with Gasteiger partial charge < -0.3 is 9.13 Å². The number of fused-ring (bicyclic) bond motifs is 1. The van der Waals surface area contributed by atoms with Crippen LogP contribution in [0.1, 0.15) is 22.5 Å². The number of hydrogen-bond donors (Lipinski definition) is 0. The van der Waals surface area contributed by atoms with Gasteiger partial charge in [-0.2, -0.15) is 9.49 Å². The third kappa shape index (κ3) is 5.19. The number of carbonyl (C=O) groups is 1. The summed E-state index contributed by atoms with van der Waals surface area (Å²) >= 11 is 0. The molecule has 0 saturated carbocycles. The molecule has 5 aromatic heterocycles. The van der Waals surface area contributed by atoms with Gasteiger partial charge in [0.1, 0.15) is 11.5 Å². The largest absolute Gasteiger partial charge is 0.337 e. The maximum atomic E-state index is 13.6. The molecule has 0 N–H and O–H groups in total. The van der Waals surface area contributed by atoms with Crippen LogP contribution < -0.4 is 0 Å². The summed E-state index contributed by atoms with van der Waals surface area (Å²) in [6.45, 7) is 1.46. The normalized spacial score (nSPS) is 11.3. The number of aromatic nitrogens is 8. The number of halogens is 2. The molecule has 0 amide bonds. The van der Waals surface area contributed by atoms with Gasteiger partial charge >= 0.3 is 0 Å². The van der Waals surface area contributed by atoms with E-state index in [4.69, 9.17) is 5.10 Å². The highest BCUT2D eigenvalue weighted by molar-refractivity contribution is 5.97. The fourth-order valence-corrected chi connectivity index (χ4v) is 4.47. The van der Waals surface area contributed by atoms with Crippen LogP contribution in [-0.4, -0.2) is 44.5 Å². The van der Waals surface area contributed by atoms with Crippen molar-refractivity contribution < 1.29 is 13.6 Å². The van der Waals surface area contributed by atoms with E-state index in [2.05, 4.69) is 19.9 Å². The van der Waals surface area contributed by atoms with E-state index in [1.54, 1.807) is 41.7 Å². The average Bonchev–Trinajstić information content (AvgIpc) is 3.69. The number of pyridine rings is 1. The smallest absolute Gasteiger partial charge is 0.213 e. The van der Waals surface area contributed by atoms with Gasteiger partial charge in [0, 0.05) is 48.9 Å². The molecule has 0 spiro atoms. The molecule has 11 heteroatoms. The second kappa shape index (κ2) is 10.4. The summed E-state index contributed by atoms with van der Waals surface area (Å²) in [5, 5.41) is 4.78. The molecule has 0 aliphatic heterocycles. The number of aryl methyl sites for hydroxylation is 2. The van der Waals surface area contributed by atoms with Crippen LogP contribution in [0.4, 0.5) is 8.78 Å². The van der Waals surface area contributed by atoms with Gasteiger partial charge in [0.2, 0.25) is 5.95 Å². The van der Waals surface area contributed by atoms with Crippen LogP contribution in [0.3, 0.4) is 0 Å². The molecule has 39 heavy (non-hydrogen) atoms. The van der Waals surface area contributed by atoms with Crippen molar-refractivity contribution in [2.45, 2.75) is 25.9 Å². The molecule has 1 aromatic carbocycles. The van der Waals surface area contributed by atoms with E-state index in [9.17, 15) is 13.6 Å². The molecule has 0 aliphatic rings. The highest BCUT2D eigenvalue weighted by Crippen LogP contribution is 2.31. The quantitative estimate of drug-likeness (QED) is 0.202. The van der Waals surface area contributed by atoms with Crippen molar-refractivity contribution in [3.8, 4) is 22.6 Å². The first-order chi connectivity index (χ1) is 19.0. The van der Waals surface area contributed by atoms with Crippen molar-refractivity contribution in [1.29, 1.82) is 0 Å². The SMILES string of the molecule is O=C(Cc1cn2nc(-c3c(-c4ccc(F)cc4)ncn3CCCn3ccnc3)ccc2n1)c1ccnc(F)c1. The molecule has 0 saturated heterocycles. The molecule has 0 unspecified atom stereocenters. The summed E-state index contributed by atoms with van der Waals surface area (Å²) in [7, 11) is 0. The number of imidazole rings is 3. The predicted molar refractivity (Wildman–Crippen MR) is 139 cm³/mol. The monoisotopic (exact) mass is 524 g/mol. The highest BCUT2D eigenvalue weighted by atomic mass is 19.1. The Morgan fingerprint density at radius 2 is 1.79 bits per heavy atom. The van der Waals surface area contributed by atoms with Crippen LogP contribution in [0.15, 0.2) is 86.0 Å². The number of carbonyl (C=O) groups excluding carboxylic acids is 1. The number of benzene rings is 1. The van der Waals surface area contributed by atoms with Crippen LogP contribution in [0.5, 0.6) is 0 Å². The molecule has 194 valence electrons. The summed E-state index contributed by atoms with van der Waals surface area (Å²) in [6, 6.07) is 12.4. The lowest BCUT2D eigenvalue weighted by molar-refractivity contribution is 0.0991. The van der Waals surface area contributed by atoms with Crippen LogP contribution in [0, 0.1) is 11.8 Å². The van der Waals surface area contributed by atoms with E-state index >= 15 is 0 Å². The first-order valence-electron chi connectivity index (χ1n) is 12.3. The molecular weight excluding hydrogens is 502 g/mol. The zero-order chi connectivity index (χ0) is 26.8. The van der Waals surface area contributed by atoms with Gasteiger partial charge in [-0.15, -0.1) is 0 Å². The van der Waals surface area contributed by atoms with Gasteiger partial charge in [0.25, 0.3) is 0 Å². The Morgan fingerprint density at radius 3 is 2.59 bits per heavy atom. The van der Waals surface area contributed by atoms with E-state index < -0.39 is 5.95 Å². The summed E-state index contributed by atoms with van der Waals surface area (Å²) < 4.78 is 32.7. The minimum absolute atomic E-state index is 0.00480. The molecule has 0 bridgehead atoms. The van der Waals surface area contributed by atoms with Gasteiger partial charge in [-0.05, 0) is 48.9 Å². The number of ketones is 1. The van der Waals surface area contributed by atoms with Gasteiger partial charge in [-0.25, -0.2) is 28.8 Å². The standard InChI is InChI=1S/C28H22F2N8O/c29-21-4-2-19(3-5-21)27-28(37(18-33-27)12-1-11-36-13-10-31-17-36)23-6-7-26-34-22(16-38(26)35-23)15-24(39)20-8-9-32-25(30)14-20/h2-10,13-14,16-18H,1,11-12,15H2. The van der Waals surface area contributed by atoms with Crippen molar-refractivity contribution in [2.75, 3.05) is 0 Å². The summed E-state index contributed by atoms with van der Waals surface area (Å²) in [5.74, 6) is -1.30. The minimum atomic E-state index is -0.708. The highest BCUT2D eigenvalue weighted by Gasteiger charge is 2.18. The molecule has 0 radical (unpaired) electrons. The summed E-state index contributed by atoms with van der Waals surface area (Å²) in [5.41, 5.74) is 4.19. The van der Waals surface area contributed by atoms with Crippen LogP contribution in [0.25, 0.3) is 28.3 Å². The van der Waals surface area contributed by atoms with Gasteiger partial charge in [0.15, 0.2) is 11.4 Å². The molecule has 6 rings (SSSR count). The molecule has 5 heterocycles. The second-order valence-electron chi connectivity index (χ2n) is 9.02. The van der Waals surface area contributed by atoms with E-state index in [0.717, 1.165) is 30.3 Å². The van der Waals surface area contributed by atoms with Gasteiger partial charge in [-0.1, -0.05) is 0 Å². The Balaban J connectivity index is 1.32. The van der Waals surface area contributed by atoms with E-state index in [-0.39, 0.29) is 23.6 Å². The molecule has 0 atom stereocenters. The van der Waals surface area contributed by atoms with Crippen LogP contribution in [0.2, 0.25) is 0 Å². The Morgan fingerprint density at radius 1 is 0.923 bits per heavy atom. The van der Waals surface area contributed by atoms with Crippen molar-refractivity contribution >= 4 is 11.4 Å². The maximum Gasteiger partial charge on any atom is 0.213 e. The lowest BCUT2D eigenvalue weighted by Gasteiger charge is -2.11. The summed E-state index contributed by atoms with van der Waals surface area (Å²) in [6.07, 6.45) is 11.0. The second-order valence-corrected chi connectivity index (χ2v) is 9.02. The van der Waals surface area contributed by atoms with Crippen LogP contribution >= 0.6 is 0 Å². The van der Waals surface area contributed by atoms with Crippen molar-refractivity contribution in [1.82, 2.24) is 38.7 Å². The zero-order valence-corrected chi connectivity index (χ0v) is 20.7. The third-order valence-electron chi connectivity index (χ3n) is 6.33. The Hall–Kier alpha value is -5.06. The summed E-state index contributed by atoms with van der Waals surface area (Å²) in [4.78, 5) is 29.4. The van der Waals surface area contributed by atoms with E-state index in [0.29, 0.717) is 29.3 Å². The predicted octanol–water partition coefficient (Wildman–Crippen LogP) is 4.65. The zero-order valence-electron chi connectivity index (χ0n) is 20.7. The lowest BCUT2D eigenvalue weighted by Crippen LogP contribution is -2.05. The van der Waals surface area contributed by atoms with Crippen molar-refractivity contribution in [3.63, 3.8) is 0 Å². The third-order valence-corrected chi connectivity index (χ3v) is 6.33. The Kier molecular flexibility index (Phi) is 6.45. The molecule has 6 aromatic rings. The fraction of sp³-hybridized carbons (Fsp3) is 0.143. The Labute approximate surface area is 221 Å². The maximum absolute atomic E-state index is 13.6. The Bertz CT molecular complexity index is 1760. The van der Waals surface area contributed by atoms with Crippen molar-refractivity contribution in [2.24, 2.45) is 0 Å². The lowest BCUT2D eigenvalue weighted by atomic mass is 10.1. The number of Topliss-reactive ketones (excluding diaryl/α,β-unsaturated/α-hetero) is 1. The molecule has 9 nitrogen and oxygen atoms in total. The van der Waals surface area contributed by atoms with Gasteiger partial charge in [0.05, 0.1) is 42.4 Å².